The number of benzene rings is 1. The van der Waals surface area contributed by atoms with Gasteiger partial charge in [-0.15, -0.1) is 0 Å². The number of aromatic nitrogens is 2. The lowest BCUT2D eigenvalue weighted by Crippen LogP contribution is -1.99. The lowest BCUT2D eigenvalue weighted by molar-refractivity contribution is 0.583. The molecule has 2 aliphatic carbocycles. The average Bonchev–Trinajstić information content (AvgIpc) is 2.74. The number of halogens is 1. The number of nitrogens with one attached hydrogen (secondary N) is 2. The molecule has 18 heavy (non-hydrogen) atoms. The van der Waals surface area contributed by atoms with Crippen LogP contribution in [-0.2, 0) is 0 Å². The van der Waals surface area contributed by atoms with Gasteiger partial charge in [-0.1, -0.05) is 28.4 Å². The average molecular weight is 307 g/mol. The molecule has 0 bridgehead atoms. The van der Waals surface area contributed by atoms with Crippen molar-refractivity contribution in [1.29, 1.82) is 0 Å². The molecule has 1 aromatic heterocycles. The fourth-order valence-electron chi connectivity index (χ4n) is 3.75. The highest BCUT2D eigenvalue weighted by Crippen LogP contribution is 2.64. The largest absolute Gasteiger partial charge is 0.323 e. The van der Waals surface area contributed by atoms with Crippen LogP contribution in [0.3, 0.4) is 0 Å². The van der Waals surface area contributed by atoms with Crippen molar-refractivity contribution in [3.8, 4) is 0 Å². The Kier molecular flexibility index (Phi) is 2.25. The van der Waals surface area contributed by atoms with Crippen molar-refractivity contribution in [3.05, 3.63) is 34.2 Å². The monoisotopic (exact) mass is 306 g/mol. The Morgan fingerprint density at radius 3 is 2.67 bits per heavy atom. The molecule has 3 atom stereocenters. The number of fused-ring (bicyclic) bond motifs is 2. The zero-order valence-electron chi connectivity index (χ0n) is 9.95. The zero-order chi connectivity index (χ0) is 12.3. The summed E-state index contributed by atoms with van der Waals surface area (Å²) in [6, 6.07) is 6.22. The third-order valence-corrected chi connectivity index (χ3v) is 5.81. The van der Waals surface area contributed by atoms with Crippen LogP contribution in [0.1, 0.15) is 29.7 Å². The number of rotatable bonds is 2. The summed E-state index contributed by atoms with van der Waals surface area (Å²) in [4.78, 5) is 17.3. The second-order valence-corrected chi connectivity index (χ2v) is 6.61. The molecule has 4 rings (SSSR count). The third-order valence-electron chi connectivity index (χ3n) is 4.67. The Labute approximate surface area is 113 Å². The van der Waals surface area contributed by atoms with Gasteiger partial charge in [0.15, 0.2) is 0 Å². The molecule has 4 heteroatoms. The van der Waals surface area contributed by atoms with Crippen LogP contribution in [0.5, 0.6) is 0 Å². The van der Waals surface area contributed by atoms with Gasteiger partial charge < -0.3 is 9.97 Å². The smallest absolute Gasteiger partial charge is 0.306 e. The van der Waals surface area contributed by atoms with Crippen molar-refractivity contribution in [3.63, 3.8) is 0 Å². The molecular weight excluding hydrogens is 292 g/mol. The predicted molar refractivity (Wildman–Crippen MR) is 74.9 cm³/mol. The van der Waals surface area contributed by atoms with Crippen LogP contribution >= 0.6 is 15.9 Å². The van der Waals surface area contributed by atoms with Crippen molar-refractivity contribution >= 4 is 27.0 Å². The quantitative estimate of drug-likeness (QED) is 0.821. The number of aromatic amines is 2. The standard InChI is InChI=1S/C14H15BrN2O/c15-13(12-8-2-1-3-9(8)12)7-4-5-10-11(6-7)17-14(18)16-10/h4-6,8-9,12-13H,1-3H2,(H2,16,17,18). The van der Waals surface area contributed by atoms with Gasteiger partial charge >= 0.3 is 5.69 Å². The molecular formula is C14H15BrN2O. The van der Waals surface area contributed by atoms with Crippen LogP contribution in [-0.4, -0.2) is 9.97 Å². The van der Waals surface area contributed by atoms with Gasteiger partial charge in [0.2, 0.25) is 0 Å². The van der Waals surface area contributed by atoms with Gasteiger partial charge in [-0.25, -0.2) is 4.79 Å². The van der Waals surface area contributed by atoms with Gasteiger partial charge in [-0.3, -0.25) is 0 Å². The Balaban J connectivity index is 1.67. The van der Waals surface area contributed by atoms with Gasteiger partial charge in [-0.05, 0) is 48.3 Å². The number of H-pyrrole nitrogens is 2. The SMILES string of the molecule is O=c1[nH]c2ccc(C(Br)C3C4CCCC43)cc2[nH]1. The Morgan fingerprint density at radius 2 is 1.89 bits per heavy atom. The first kappa shape index (κ1) is 10.9. The molecule has 2 fully saturated rings. The van der Waals surface area contributed by atoms with Crippen molar-refractivity contribution in [2.45, 2.75) is 24.1 Å². The fraction of sp³-hybridized carbons (Fsp3) is 0.500. The van der Waals surface area contributed by atoms with E-state index < -0.39 is 0 Å². The van der Waals surface area contributed by atoms with Crippen LogP contribution in [0.2, 0.25) is 0 Å². The van der Waals surface area contributed by atoms with E-state index >= 15 is 0 Å². The van der Waals surface area contributed by atoms with E-state index in [1.54, 1.807) is 0 Å². The zero-order valence-corrected chi connectivity index (χ0v) is 11.5. The fourth-order valence-corrected chi connectivity index (χ4v) is 4.82. The molecule has 94 valence electrons. The summed E-state index contributed by atoms with van der Waals surface area (Å²) in [6.45, 7) is 0. The van der Waals surface area contributed by atoms with E-state index in [1.807, 2.05) is 6.07 Å². The summed E-state index contributed by atoms with van der Waals surface area (Å²) in [7, 11) is 0. The number of hydrogen-bond donors (Lipinski definition) is 2. The predicted octanol–water partition coefficient (Wildman–Crippen LogP) is 3.34. The van der Waals surface area contributed by atoms with Gasteiger partial charge in [0.05, 0.1) is 11.0 Å². The maximum Gasteiger partial charge on any atom is 0.323 e. The van der Waals surface area contributed by atoms with Crippen LogP contribution < -0.4 is 5.69 Å². The minimum Gasteiger partial charge on any atom is -0.306 e. The van der Waals surface area contributed by atoms with Gasteiger partial charge in [0.25, 0.3) is 0 Å². The lowest BCUT2D eigenvalue weighted by Gasteiger charge is -2.12. The van der Waals surface area contributed by atoms with Crippen molar-refractivity contribution in [1.82, 2.24) is 9.97 Å². The van der Waals surface area contributed by atoms with E-state index in [-0.39, 0.29) is 5.69 Å². The second-order valence-electron chi connectivity index (χ2n) is 5.62. The highest BCUT2D eigenvalue weighted by atomic mass is 79.9. The molecule has 3 unspecified atom stereocenters. The maximum atomic E-state index is 11.3. The van der Waals surface area contributed by atoms with E-state index in [4.69, 9.17) is 0 Å². The van der Waals surface area contributed by atoms with Gasteiger partial charge in [0, 0.05) is 4.83 Å². The molecule has 0 radical (unpaired) electrons. The van der Waals surface area contributed by atoms with Crippen LogP contribution in [0.4, 0.5) is 0 Å². The van der Waals surface area contributed by atoms with Crippen molar-refractivity contribution in [2.24, 2.45) is 17.8 Å². The molecule has 1 heterocycles. The van der Waals surface area contributed by atoms with Crippen molar-refractivity contribution in [2.75, 3.05) is 0 Å². The molecule has 2 aromatic rings. The first-order valence-corrected chi connectivity index (χ1v) is 7.51. The molecule has 2 saturated carbocycles. The molecule has 3 nitrogen and oxygen atoms in total. The van der Waals surface area contributed by atoms with E-state index in [0.29, 0.717) is 4.83 Å². The molecule has 2 aliphatic rings. The molecule has 2 N–H and O–H groups in total. The minimum atomic E-state index is -0.128. The maximum absolute atomic E-state index is 11.3. The lowest BCUT2D eigenvalue weighted by atomic mass is 10.0. The molecule has 1 aromatic carbocycles. The normalized spacial score (nSPS) is 31.5. The Hall–Kier alpha value is -1.03. The summed E-state index contributed by atoms with van der Waals surface area (Å²) in [6.07, 6.45) is 4.22. The van der Waals surface area contributed by atoms with E-state index in [1.165, 1.54) is 24.8 Å². The molecule has 0 aliphatic heterocycles. The molecule has 0 spiro atoms. The first-order valence-electron chi connectivity index (χ1n) is 6.60. The first-order chi connectivity index (χ1) is 8.74. The summed E-state index contributed by atoms with van der Waals surface area (Å²) in [5, 5.41) is 0. The van der Waals surface area contributed by atoms with Crippen LogP contribution in [0, 0.1) is 17.8 Å². The Morgan fingerprint density at radius 1 is 1.17 bits per heavy atom. The minimum absolute atomic E-state index is 0.128. The molecule has 0 saturated heterocycles. The van der Waals surface area contributed by atoms with E-state index in [2.05, 4.69) is 38.0 Å². The molecule has 0 amide bonds. The number of alkyl halides is 1. The highest BCUT2D eigenvalue weighted by Gasteiger charge is 2.55. The van der Waals surface area contributed by atoms with Crippen LogP contribution in [0.25, 0.3) is 11.0 Å². The van der Waals surface area contributed by atoms with Crippen molar-refractivity contribution < 1.29 is 0 Å². The third kappa shape index (κ3) is 1.51. The van der Waals surface area contributed by atoms with Crippen LogP contribution in [0.15, 0.2) is 23.0 Å². The number of imidazole rings is 1. The topological polar surface area (TPSA) is 48.6 Å². The summed E-state index contributed by atoms with van der Waals surface area (Å²) >= 11 is 3.86. The summed E-state index contributed by atoms with van der Waals surface area (Å²) in [5.41, 5.74) is 2.96. The number of hydrogen-bond acceptors (Lipinski definition) is 1. The van der Waals surface area contributed by atoms with Gasteiger partial charge in [-0.2, -0.15) is 0 Å². The second kappa shape index (κ2) is 3.73. The highest BCUT2D eigenvalue weighted by molar-refractivity contribution is 9.09. The van der Waals surface area contributed by atoms with E-state index in [0.717, 1.165) is 28.8 Å². The van der Waals surface area contributed by atoms with Gasteiger partial charge in [0.1, 0.15) is 0 Å². The van der Waals surface area contributed by atoms with E-state index in [9.17, 15) is 4.79 Å². The Bertz CT molecular complexity index is 649. The summed E-state index contributed by atoms with van der Waals surface area (Å²) < 4.78 is 0. The summed E-state index contributed by atoms with van der Waals surface area (Å²) in [5.74, 6) is 2.69.